The van der Waals surface area contributed by atoms with Gasteiger partial charge in [0.1, 0.15) is 12.4 Å². The minimum absolute atomic E-state index is 0.0162. The highest BCUT2D eigenvalue weighted by Crippen LogP contribution is 2.30. The molecule has 17 heavy (non-hydrogen) atoms. The molecule has 1 rings (SSSR count). The molecule has 0 bridgehead atoms. The number of aliphatic carboxylic acids is 1. The van der Waals surface area contributed by atoms with E-state index in [4.69, 9.17) is 9.84 Å². The van der Waals surface area contributed by atoms with Gasteiger partial charge in [-0.15, -0.1) is 0 Å². The number of ether oxygens (including phenoxy) is 1. The summed E-state index contributed by atoms with van der Waals surface area (Å²) in [6.45, 7) is -0.0162. The van der Waals surface area contributed by atoms with E-state index in [9.17, 15) is 18.0 Å². The van der Waals surface area contributed by atoms with Crippen LogP contribution in [0.1, 0.15) is 5.56 Å². The van der Waals surface area contributed by atoms with Crippen LogP contribution < -0.4 is 4.74 Å². The van der Waals surface area contributed by atoms with Crippen molar-refractivity contribution in [2.24, 2.45) is 0 Å². The average Bonchev–Trinajstić information content (AvgIpc) is 2.23. The van der Waals surface area contributed by atoms with Gasteiger partial charge in [-0.2, -0.15) is 13.2 Å². The summed E-state index contributed by atoms with van der Waals surface area (Å²) >= 11 is 0. The molecule has 0 saturated carbocycles. The van der Waals surface area contributed by atoms with E-state index in [1.54, 1.807) is 0 Å². The molecule has 0 aliphatic heterocycles. The lowest BCUT2D eigenvalue weighted by atomic mass is 10.2. The van der Waals surface area contributed by atoms with Crippen LogP contribution >= 0.6 is 0 Å². The largest absolute Gasteiger partial charge is 0.490 e. The van der Waals surface area contributed by atoms with Crippen LogP contribution in [0, 0.1) is 0 Å². The lowest BCUT2D eigenvalue weighted by molar-refractivity contribution is -0.137. The highest BCUT2D eigenvalue weighted by atomic mass is 19.4. The molecule has 0 fully saturated rings. The number of halogens is 3. The van der Waals surface area contributed by atoms with E-state index in [2.05, 4.69) is 0 Å². The van der Waals surface area contributed by atoms with E-state index in [0.29, 0.717) is 0 Å². The van der Waals surface area contributed by atoms with Crippen molar-refractivity contribution in [1.29, 1.82) is 0 Å². The maximum Gasteiger partial charge on any atom is 0.416 e. The van der Waals surface area contributed by atoms with E-state index in [0.717, 1.165) is 18.2 Å². The van der Waals surface area contributed by atoms with Crippen molar-refractivity contribution < 1.29 is 27.8 Å². The summed E-state index contributed by atoms with van der Waals surface area (Å²) in [5.74, 6) is -0.867. The lowest BCUT2D eigenvalue weighted by Gasteiger charge is -2.07. The third-order valence-corrected chi connectivity index (χ3v) is 1.79. The first-order valence-corrected chi connectivity index (χ1v) is 4.59. The number of rotatable bonds is 4. The van der Waals surface area contributed by atoms with E-state index >= 15 is 0 Å². The zero-order chi connectivity index (χ0) is 12.9. The van der Waals surface area contributed by atoms with Gasteiger partial charge in [-0.05, 0) is 30.3 Å². The van der Waals surface area contributed by atoms with Crippen LogP contribution in [0.5, 0.6) is 5.75 Å². The molecule has 0 aliphatic rings. The molecule has 0 heterocycles. The van der Waals surface area contributed by atoms with Crippen molar-refractivity contribution in [3.8, 4) is 5.75 Å². The van der Waals surface area contributed by atoms with E-state index in [1.807, 2.05) is 0 Å². The Morgan fingerprint density at radius 3 is 2.35 bits per heavy atom. The summed E-state index contributed by atoms with van der Waals surface area (Å²) in [6, 6.07) is 4.15. The van der Waals surface area contributed by atoms with Gasteiger partial charge in [0.25, 0.3) is 0 Å². The van der Waals surface area contributed by atoms with Crippen molar-refractivity contribution >= 4 is 5.97 Å². The smallest absolute Gasteiger partial charge is 0.416 e. The average molecular weight is 246 g/mol. The maximum atomic E-state index is 12.2. The summed E-state index contributed by atoms with van der Waals surface area (Å²) in [7, 11) is 0. The summed E-state index contributed by atoms with van der Waals surface area (Å²) in [6.07, 6.45) is -2.23. The van der Waals surface area contributed by atoms with Gasteiger partial charge >= 0.3 is 12.1 Å². The first-order valence-electron chi connectivity index (χ1n) is 4.59. The number of alkyl halides is 3. The normalized spacial score (nSPS) is 11.7. The fourth-order valence-corrected chi connectivity index (χ4v) is 1.03. The van der Waals surface area contributed by atoms with Crippen molar-refractivity contribution in [3.05, 3.63) is 42.0 Å². The fraction of sp³-hybridized carbons (Fsp3) is 0.182. The van der Waals surface area contributed by atoms with Gasteiger partial charge in [-0.1, -0.05) is 0 Å². The predicted octanol–water partition coefficient (Wildman–Crippen LogP) is 2.73. The van der Waals surface area contributed by atoms with Crippen LogP contribution in [0.4, 0.5) is 13.2 Å². The number of hydrogen-bond donors (Lipinski definition) is 1. The first-order chi connectivity index (χ1) is 7.89. The Bertz CT molecular complexity index is 407. The molecule has 6 heteroatoms. The summed E-state index contributed by atoms with van der Waals surface area (Å²) in [5, 5.41) is 8.27. The molecule has 92 valence electrons. The highest BCUT2D eigenvalue weighted by molar-refractivity contribution is 5.79. The van der Waals surface area contributed by atoms with Crippen LogP contribution in [0.3, 0.4) is 0 Å². The topological polar surface area (TPSA) is 46.5 Å². The predicted molar refractivity (Wildman–Crippen MR) is 53.7 cm³/mol. The third kappa shape index (κ3) is 4.58. The van der Waals surface area contributed by atoms with Gasteiger partial charge in [-0.25, -0.2) is 4.79 Å². The molecule has 1 aromatic carbocycles. The molecule has 0 atom stereocenters. The number of hydrogen-bond acceptors (Lipinski definition) is 2. The zero-order valence-electron chi connectivity index (χ0n) is 8.57. The Kier molecular flexibility index (Phi) is 4.14. The number of carboxylic acids is 1. The van der Waals surface area contributed by atoms with Gasteiger partial charge in [0.15, 0.2) is 0 Å². The third-order valence-electron chi connectivity index (χ3n) is 1.79. The molecule has 0 aliphatic carbocycles. The van der Waals surface area contributed by atoms with E-state index in [1.165, 1.54) is 18.2 Å². The molecule has 0 radical (unpaired) electrons. The van der Waals surface area contributed by atoms with Crippen LogP contribution in [-0.2, 0) is 11.0 Å². The molecule has 0 amide bonds. The van der Waals surface area contributed by atoms with E-state index in [-0.39, 0.29) is 12.4 Å². The standard InChI is InChI=1S/C11H9F3O3/c12-11(13,14)8-3-5-9(6-4-8)17-7-1-2-10(15)16/h1-6H,7H2,(H,15,16). The fourth-order valence-electron chi connectivity index (χ4n) is 1.03. The van der Waals surface area contributed by atoms with Gasteiger partial charge in [0, 0.05) is 6.08 Å². The molecule has 0 unspecified atom stereocenters. The molecule has 3 nitrogen and oxygen atoms in total. The molecule has 0 saturated heterocycles. The molecule has 1 aromatic rings. The van der Waals surface area contributed by atoms with Gasteiger partial charge < -0.3 is 9.84 Å². The Morgan fingerprint density at radius 1 is 1.29 bits per heavy atom. The second kappa shape index (κ2) is 5.38. The Balaban J connectivity index is 2.55. The Hall–Kier alpha value is -1.98. The molecule has 0 spiro atoms. The second-order valence-electron chi connectivity index (χ2n) is 3.07. The molecule has 1 N–H and O–H groups in total. The maximum absolute atomic E-state index is 12.2. The minimum atomic E-state index is -4.37. The zero-order valence-corrected chi connectivity index (χ0v) is 8.57. The Labute approximate surface area is 95.1 Å². The number of carbonyl (C=O) groups is 1. The van der Waals surface area contributed by atoms with Gasteiger partial charge in [0.05, 0.1) is 5.56 Å². The van der Waals surface area contributed by atoms with Crippen LogP contribution in [0.25, 0.3) is 0 Å². The van der Waals surface area contributed by atoms with Crippen LogP contribution in [-0.4, -0.2) is 17.7 Å². The highest BCUT2D eigenvalue weighted by Gasteiger charge is 2.29. The van der Waals surface area contributed by atoms with Crippen molar-refractivity contribution in [2.75, 3.05) is 6.61 Å². The van der Waals surface area contributed by atoms with Crippen molar-refractivity contribution in [1.82, 2.24) is 0 Å². The quantitative estimate of drug-likeness (QED) is 0.831. The van der Waals surface area contributed by atoms with Gasteiger partial charge in [-0.3, -0.25) is 0 Å². The van der Waals surface area contributed by atoms with Crippen LogP contribution in [0.15, 0.2) is 36.4 Å². The number of carboxylic acid groups (broad SMARTS) is 1. The minimum Gasteiger partial charge on any atom is -0.490 e. The second-order valence-corrected chi connectivity index (χ2v) is 3.07. The SMILES string of the molecule is O=C(O)C=CCOc1ccc(C(F)(F)F)cc1. The first kappa shape index (κ1) is 13.1. The van der Waals surface area contributed by atoms with E-state index < -0.39 is 17.7 Å². The monoisotopic (exact) mass is 246 g/mol. The molecular formula is C11H9F3O3. The van der Waals surface area contributed by atoms with Crippen molar-refractivity contribution in [3.63, 3.8) is 0 Å². The number of benzene rings is 1. The van der Waals surface area contributed by atoms with Crippen LogP contribution in [0.2, 0.25) is 0 Å². The summed E-state index contributed by atoms with van der Waals surface area (Å²) in [4.78, 5) is 10.1. The molecular weight excluding hydrogens is 237 g/mol. The Morgan fingerprint density at radius 2 is 1.88 bits per heavy atom. The summed E-state index contributed by atoms with van der Waals surface area (Å²) in [5.41, 5.74) is -0.758. The summed E-state index contributed by atoms with van der Waals surface area (Å²) < 4.78 is 41.6. The molecule has 0 aromatic heterocycles. The van der Waals surface area contributed by atoms with Crippen molar-refractivity contribution in [2.45, 2.75) is 6.18 Å². The lowest BCUT2D eigenvalue weighted by Crippen LogP contribution is -2.04. The van der Waals surface area contributed by atoms with Gasteiger partial charge in [0.2, 0.25) is 0 Å².